The van der Waals surface area contributed by atoms with Gasteiger partial charge in [0.05, 0.1) is 19.8 Å². The van der Waals surface area contributed by atoms with Gasteiger partial charge in [-0.05, 0) is 54.1 Å². The number of furan rings is 1. The molecular weight excluding hydrogens is 496 g/mol. The SMILES string of the molecule is COc1ccc(/C=C2\Oc3cc(OC(=O)c4c(-c5ccccc5)oc5ccc(OC)cc45)ccc3C2=O)cc1. The van der Waals surface area contributed by atoms with Crippen molar-refractivity contribution in [3.8, 4) is 34.3 Å². The zero-order chi connectivity index (χ0) is 26.9. The molecule has 192 valence electrons. The molecule has 7 heteroatoms. The molecule has 39 heavy (non-hydrogen) atoms. The number of allylic oxidation sites excluding steroid dienone is 1. The van der Waals surface area contributed by atoms with Crippen LogP contribution in [0.15, 0.2) is 101 Å². The van der Waals surface area contributed by atoms with Crippen molar-refractivity contribution in [3.63, 3.8) is 0 Å². The molecule has 0 unspecified atom stereocenters. The fourth-order valence-electron chi connectivity index (χ4n) is 4.44. The van der Waals surface area contributed by atoms with Gasteiger partial charge >= 0.3 is 5.97 Å². The van der Waals surface area contributed by atoms with E-state index in [2.05, 4.69) is 0 Å². The van der Waals surface area contributed by atoms with Crippen LogP contribution in [0.3, 0.4) is 0 Å². The van der Waals surface area contributed by atoms with E-state index in [4.69, 9.17) is 23.4 Å². The maximum absolute atomic E-state index is 13.6. The largest absolute Gasteiger partial charge is 0.497 e. The Balaban J connectivity index is 1.31. The Kier molecular flexibility index (Phi) is 6.09. The van der Waals surface area contributed by atoms with E-state index >= 15 is 0 Å². The molecule has 7 nitrogen and oxygen atoms in total. The first kappa shape index (κ1) is 24.1. The highest BCUT2D eigenvalue weighted by Gasteiger charge is 2.29. The lowest BCUT2D eigenvalue weighted by atomic mass is 10.1. The molecule has 6 rings (SSSR count). The third-order valence-electron chi connectivity index (χ3n) is 6.40. The second-order valence-corrected chi connectivity index (χ2v) is 8.79. The van der Waals surface area contributed by atoms with E-state index in [9.17, 15) is 9.59 Å². The maximum atomic E-state index is 13.6. The lowest BCUT2D eigenvalue weighted by Crippen LogP contribution is -2.09. The number of hydrogen-bond acceptors (Lipinski definition) is 7. The zero-order valence-corrected chi connectivity index (χ0v) is 21.1. The predicted molar refractivity (Wildman–Crippen MR) is 146 cm³/mol. The summed E-state index contributed by atoms with van der Waals surface area (Å²) >= 11 is 0. The fourth-order valence-corrected chi connectivity index (χ4v) is 4.44. The maximum Gasteiger partial charge on any atom is 0.348 e. The van der Waals surface area contributed by atoms with Crippen LogP contribution in [0.5, 0.6) is 23.0 Å². The first-order valence-corrected chi connectivity index (χ1v) is 12.1. The number of carbonyl (C=O) groups excluding carboxylic acids is 2. The average molecular weight is 519 g/mol. The molecule has 5 aromatic rings. The van der Waals surface area contributed by atoms with E-state index in [0.717, 1.165) is 11.1 Å². The van der Waals surface area contributed by atoms with Gasteiger partial charge < -0.3 is 23.4 Å². The van der Waals surface area contributed by atoms with Gasteiger partial charge in [-0.1, -0.05) is 42.5 Å². The Labute approximate surface area is 223 Å². The molecule has 0 fully saturated rings. The van der Waals surface area contributed by atoms with E-state index in [-0.39, 0.29) is 22.9 Å². The van der Waals surface area contributed by atoms with E-state index in [1.165, 1.54) is 6.07 Å². The van der Waals surface area contributed by atoms with Crippen molar-refractivity contribution in [1.29, 1.82) is 0 Å². The summed E-state index contributed by atoms with van der Waals surface area (Å²) in [6.45, 7) is 0. The van der Waals surface area contributed by atoms with Crippen molar-refractivity contribution in [1.82, 2.24) is 0 Å². The summed E-state index contributed by atoms with van der Waals surface area (Å²) in [5, 5.41) is 0.565. The Bertz CT molecular complexity index is 1750. The molecule has 0 aliphatic carbocycles. The van der Waals surface area contributed by atoms with Gasteiger partial charge in [-0.2, -0.15) is 0 Å². The second-order valence-electron chi connectivity index (χ2n) is 8.79. The molecule has 0 radical (unpaired) electrons. The zero-order valence-electron chi connectivity index (χ0n) is 21.1. The molecule has 2 heterocycles. The summed E-state index contributed by atoms with van der Waals surface area (Å²) in [6, 6.07) is 26.5. The molecule has 0 saturated carbocycles. The van der Waals surface area contributed by atoms with Crippen LogP contribution in [-0.2, 0) is 0 Å². The molecule has 1 aromatic heterocycles. The monoisotopic (exact) mass is 518 g/mol. The predicted octanol–water partition coefficient (Wildman–Crippen LogP) is 6.95. The molecule has 0 amide bonds. The molecule has 1 aliphatic rings. The minimum absolute atomic E-state index is 0.179. The number of ether oxygens (including phenoxy) is 4. The first-order valence-electron chi connectivity index (χ1n) is 12.1. The normalized spacial score (nSPS) is 13.3. The molecule has 0 N–H and O–H groups in total. The van der Waals surface area contributed by atoms with Crippen molar-refractivity contribution < 1.29 is 33.0 Å². The third-order valence-corrected chi connectivity index (χ3v) is 6.40. The molecule has 0 bridgehead atoms. The van der Waals surface area contributed by atoms with Crippen LogP contribution in [0.2, 0.25) is 0 Å². The van der Waals surface area contributed by atoms with Gasteiger partial charge in [-0.25, -0.2) is 4.79 Å². The number of methoxy groups -OCH3 is 2. The molecule has 0 atom stereocenters. The molecule has 1 aliphatic heterocycles. The standard InChI is InChI=1S/C32H22O7/c1-35-21-10-8-19(9-11-21)16-28-30(33)24-14-12-23(18-27(24)38-28)37-32(34)29-25-17-22(36-2)13-15-26(25)39-31(29)20-6-4-3-5-7-20/h3-18H,1-2H3/b28-16-. The van der Waals surface area contributed by atoms with Crippen LogP contribution in [0.4, 0.5) is 0 Å². The van der Waals surface area contributed by atoms with Crippen molar-refractivity contribution >= 4 is 28.8 Å². The van der Waals surface area contributed by atoms with Gasteiger partial charge in [0.15, 0.2) is 5.76 Å². The van der Waals surface area contributed by atoms with Crippen LogP contribution < -0.4 is 18.9 Å². The minimum Gasteiger partial charge on any atom is -0.497 e. The van der Waals surface area contributed by atoms with Crippen molar-refractivity contribution in [2.24, 2.45) is 0 Å². The van der Waals surface area contributed by atoms with Crippen LogP contribution in [-0.4, -0.2) is 26.0 Å². The summed E-state index contributed by atoms with van der Waals surface area (Å²) in [4.78, 5) is 26.5. The van der Waals surface area contributed by atoms with E-state index in [0.29, 0.717) is 39.5 Å². The van der Waals surface area contributed by atoms with Crippen LogP contribution in [0.25, 0.3) is 28.4 Å². The molecule has 4 aromatic carbocycles. The summed E-state index contributed by atoms with van der Waals surface area (Å²) in [5.74, 6) is 1.54. The van der Waals surface area contributed by atoms with Gasteiger partial charge in [0.2, 0.25) is 5.78 Å². The number of Topliss-reactive ketones (excluding diaryl/α,β-unsaturated/α-hetero) is 1. The van der Waals surface area contributed by atoms with Crippen LogP contribution in [0.1, 0.15) is 26.3 Å². The smallest absolute Gasteiger partial charge is 0.348 e. The fraction of sp³-hybridized carbons (Fsp3) is 0.0625. The van der Waals surface area contributed by atoms with Gasteiger partial charge in [0.25, 0.3) is 0 Å². The quantitative estimate of drug-likeness (QED) is 0.137. The Morgan fingerprint density at radius 3 is 2.26 bits per heavy atom. The molecular formula is C32H22O7. The Hall–Kier alpha value is -5.30. The Morgan fingerprint density at radius 2 is 1.51 bits per heavy atom. The summed E-state index contributed by atoms with van der Waals surface area (Å²) in [5.41, 5.74) is 2.70. The first-order chi connectivity index (χ1) is 19.0. The van der Waals surface area contributed by atoms with Crippen LogP contribution in [0, 0.1) is 0 Å². The summed E-state index contributed by atoms with van der Waals surface area (Å²) in [6.07, 6.45) is 1.66. The highest BCUT2D eigenvalue weighted by atomic mass is 16.5. The van der Waals surface area contributed by atoms with Crippen LogP contribution >= 0.6 is 0 Å². The summed E-state index contributed by atoms with van der Waals surface area (Å²) in [7, 11) is 3.15. The van der Waals surface area contributed by atoms with Gasteiger partial charge in [-0.3, -0.25) is 4.79 Å². The van der Waals surface area contributed by atoms with Crippen molar-refractivity contribution in [2.75, 3.05) is 14.2 Å². The van der Waals surface area contributed by atoms with Gasteiger partial charge in [-0.15, -0.1) is 0 Å². The van der Waals surface area contributed by atoms with Gasteiger partial charge in [0.1, 0.15) is 39.9 Å². The number of carbonyl (C=O) groups is 2. The lowest BCUT2D eigenvalue weighted by Gasteiger charge is -2.07. The third kappa shape index (κ3) is 4.51. The topological polar surface area (TPSA) is 84.2 Å². The number of benzene rings is 4. The van der Waals surface area contributed by atoms with E-state index < -0.39 is 5.97 Å². The minimum atomic E-state index is -0.612. The number of ketones is 1. The molecule has 0 spiro atoms. The number of hydrogen-bond donors (Lipinski definition) is 0. The lowest BCUT2D eigenvalue weighted by molar-refractivity contribution is 0.0736. The Morgan fingerprint density at radius 1 is 0.795 bits per heavy atom. The highest BCUT2D eigenvalue weighted by Crippen LogP contribution is 2.38. The highest BCUT2D eigenvalue weighted by molar-refractivity contribution is 6.15. The van der Waals surface area contributed by atoms with Crippen molar-refractivity contribution in [2.45, 2.75) is 0 Å². The summed E-state index contributed by atoms with van der Waals surface area (Å²) < 4.78 is 28.2. The number of esters is 1. The van der Waals surface area contributed by atoms with Crippen molar-refractivity contribution in [3.05, 3.63) is 113 Å². The second kappa shape index (κ2) is 9.87. The van der Waals surface area contributed by atoms with Gasteiger partial charge in [0, 0.05) is 17.0 Å². The molecule has 0 saturated heterocycles. The number of fused-ring (bicyclic) bond motifs is 2. The average Bonchev–Trinajstić information content (AvgIpc) is 3.50. The number of rotatable bonds is 6. The van der Waals surface area contributed by atoms with E-state index in [1.54, 1.807) is 62.8 Å². The van der Waals surface area contributed by atoms with E-state index in [1.807, 2.05) is 42.5 Å².